The topological polar surface area (TPSA) is 95.4 Å². The number of halogens is 1. The van der Waals surface area contributed by atoms with Gasteiger partial charge in [-0.3, -0.25) is 4.79 Å². The van der Waals surface area contributed by atoms with Gasteiger partial charge >= 0.3 is 5.97 Å². The van der Waals surface area contributed by atoms with E-state index in [0.717, 1.165) is 38.8 Å². The Labute approximate surface area is 139 Å². The third kappa shape index (κ3) is 3.10. The molecule has 1 aromatic rings. The fourth-order valence-corrected chi connectivity index (χ4v) is 3.41. The van der Waals surface area contributed by atoms with Crippen molar-refractivity contribution in [1.82, 2.24) is 15.3 Å². The zero-order valence-electron chi connectivity index (χ0n) is 12.7. The highest BCUT2D eigenvalue weighted by Gasteiger charge is 2.43. The molecule has 1 aromatic heterocycles. The molecule has 1 aliphatic heterocycles. The average molecular weight is 339 g/mol. The van der Waals surface area contributed by atoms with Crippen LogP contribution in [0.2, 0.25) is 5.02 Å². The highest BCUT2D eigenvalue weighted by atomic mass is 35.5. The first-order valence-corrected chi connectivity index (χ1v) is 8.23. The van der Waals surface area contributed by atoms with Crippen LogP contribution in [0.25, 0.3) is 0 Å². The standard InChI is InChI=1S/C15H19ClN4O3/c16-10-9-17-14(20-7-3-4-8-20)18-11(10)12(21)19-15(13(22)23)5-1-2-6-15/h9H,1-8H2,(H,19,21)(H,22,23). The molecule has 23 heavy (non-hydrogen) atoms. The molecule has 2 fully saturated rings. The molecule has 1 saturated carbocycles. The van der Waals surface area contributed by atoms with Crippen LogP contribution in [-0.2, 0) is 4.79 Å². The van der Waals surface area contributed by atoms with Crippen LogP contribution in [0.3, 0.4) is 0 Å². The molecule has 0 radical (unpaired) electrons. The van der Waals surface area contributed by atoms with E-state index >= 15 is 0 Å². The Morgan fingerprint density at radius 2 is 1.87 bits per heavy atom. The molecule has 0 atom stereocenters. The molecule has 0 unspecified atom stereocenters. The van der Waals surface area contributed by atoms with Gasteiger partial charge in [0.1, 0.15) is 5.54 Å². The van der Waals surface area contributed by atoms with Gasteiger partial charge in [0.05, 0.1) is 11.2 Å². The maximum atomic E-state index is 12.5. The van der Waals surface area contributed by atoms with Gasteiger partial charge in [0.2, 0.25) is 5.95 Å². The van der Waals surface area contributed by atoms with Crippen molar-refractivity contribution in [3.05, 3.63) is 16.9 Å². The summed E-state index contributed by atoms with van der Waals surface area (Å²) in [6.45, 7) is 1.70. The highest BCUT2D eigenvalue weighted by molar-refractivity contribution is 6.33. The Morgan fingerprint density at radius 3 is 2.48 bits per heavy atom. The van der Waals surface area contributed by atoms with Crippen LogP contribution in [0.4, 0.5) is 5.95 Å². The highest BCUT2D eigenvalue weighted by Crippen LogP contribution is 2.30. The molecule has 3 rings (SSSR count). The maximum absolute atomic E-state index is 12.5. The van der Waals surface area contributed by atoms with Crippen molar-refractivity contribution in [1.29, 1.82) is 0 Å². The number of carbonyl (C=O) groups is 2. The number of hydrogen-bond acceptors (Lipinski definition) is 5. The molecule has 1 aliphatic carbocycles. The van der Waals surface area contributed by atoms with E-state index in [1.165, 1.54) is 6.20 Å². The number of anilines is 1. The number of amides is 1. The Morgan fingerprint density at radius 1 is 1.22 bits per heavy atom. The number of aromatic nitrogens is 2. The van der Waals surface area contributed by atoms with Gasteiger partial charge in [0, 0.05) is 13.1 Å². The maximum Gasteiger partial charge on any atom is 0.329 e. The first kappa shape index (κ1) is 16.0. The molecule has 0 aromatic carbocycles. The average Bonchev–Trinajstić information content (AvgIpc) is 3.19. The SMILES string of the molecule is O=C(NC1(C(=O)O)CCCC1)c1nc(N2CCCC2)ncc1Cl. The van der Waals surface area contributed by atoms with E-state index < -0.39 is 17.4 Å². The summed E-state index contributed by atoms with van der Waals surface area (Å²) in [6.07, 6.45) is 5.95. The van der Waals surface area contributed by atoms with Gasteiger partial charge < -0.3 is 15.3 Å². The molecule has 1 saturated heterocycles. The molecule has 124 valence electrons. The van der Waals surface area contributed by atoms with Crippen molar-refractivity contribution in [2.75, 3.05) is 18.0 Å². The second kappa shape index (κ2) is 6.31. The van der Waals surface area contributed by atoms with Gasteiger partial charge in [-0.2, -0.15) is 0 Å². The second-order valence-electron chi connectivity index (χ2n) is 6.11. The van der Waals surface area contributed by atoms with E-state index in [0.29, 0.717) is 18.8 Å². The fraction of sp³-hybridized carbons (Fsp3) is 0.600. The van der Waals surface area contributed by atoms with Gasteiger partial charge in [-0.15, -0.1) is 0 Å². The first-order chi connectivity index (χ1) is 11.0. The summed E-state index contributed by atoms with van der Waals surface area (Å²) >= 11 is 6.06. The van der Waals surface area contributed by atoms with Gasteiger partial charge in [0.15, 0.2) is 5.69 Å². The summed E-state index contributed by atoms with van der Waals surface area (Å²) < 4.78 is 0. The van der Waals surface area contributed by atoms with E-state index in [4.69, 9.17) is 11.6 Å². The van der Waals surface area contributed by atoms with Crippen LogP contribution in [-0.4, -0.2) is 45.6 Å². The van der Waals surface area contributed by atoms with Gasteiger partial charge in [-0.25, -0.2) is 14.8 Å². The van der Waals surface area contributed by atoms with Crippen LogP contribution in [0.1, 0.15) is 49.0 Å². The fourth-order valence-electron chi connectivity index (χ4n) is 3.23. The summed E-state index contributed by atoms with van der Waals surface area (Å²) in [4.78, 5) is 34.5. The number of nitrogens with one attached hydrogen (secondary N) is 1. The lowest BCUT2D eigenvalue weighted by atomic mass is 9.97. The molecule has 0 bridgehead atoms. The number of rotatable bonds is 4. The molecule has 0 spiro atoms. The number of carboxylic acids is 1. The normalized spacial score (nSPS) is 19.8. The van der Waals surface area contributed by atoms with Crippen LogP contribution in [0, 0.1) is 0 Å². The van der Waals surface area contributed by atoms with Crippen LogP contribution in [0.5, 0.6) is 0 Å². The predicted molar refractivity (Wildman–Crippen MR) is 84.8 cm³/mol. The van der Waals surface area contributed by atoms with Gasteiger partial charge in [-0.05, 0) is 25.7 Å². The summed E-state index contributed by atoms with van der Waals surface area (Å²) in [5, 5.41) is 12.2. The smallest absolute Gasteiger partial charge is 0.329 e. The minimum Gasteiger partial charge on any atom is -0.480 e. The van der Waals surface area contributed by atoms with E-state index in [1.807, 2.05) is 4.90 Å². The number of hydrogen-bond donors (Lipinski definition) is 2. The van der Waals surface area contributed by atoms with E-state index in [2.05, 4.69) is 15.3 Å². The van der Waals surface area contributed by atoms with Crippen molar-refractivity contribution in [2.24, 2.45) is 0 Å². The molecular formula is C15H19ClN4O3. The summed E-state index contributed by atoms with van der Waals surface area (Å²) in [5.74, 6) is -1.09. The molecule has 1 amide bonds. The monoisotopic (exact) mass is 338 g/mol. The zero-order chi connectivity index (χ0) is 16.4. The third-order valence-corrected chi connectivity index (χ3v) is 4.83. The Bertz CT molecular complexity index is 625. The lowest BCUT2D eigenvalue weighted by molar-refractivity contribution is -0.144. The number of nitrogens with zero attached hydrogens (tertiary/aromatic N) is 3. The predicted octanol–water partition coefficient (Wildman–Crippen LogP) is 1.86. The van der Waals surface area contributed by atoms with Crippen molar-refractivity contribution in [2.45, 2.75) is 44.1 Å². The van der Waals surface area contributed by atoms with Crippen LogP contribution in [0.15, 0.2) is 6.20 Å². The Hall–Kier alpha value is -1.89. The third-order valence-electron chi connectivity index (χ3n) is 4.55. The molecular weight excluding hydrogens is 320 g/mol. The van der Waals surface area contributed by atoms with E-state index in [9.17, 15) is 14.7 Å². The number of aliphatic carboxylic acids is 1. The molecule has 2 aliphatic rings. The van der Waals surface area contributed by atoms with E-state index in [-0.39, 0.29) is 10.7 Å². The first-order valence-electron chi connectivity index (χ1n) is 7.85. The Kier molecular flexibility index (Phi) is 4.39. The van der Waals surface area contributed by atoms with Crippen molar-refractivity contribution < 1.29 is 14.7 Å². The van der Waals surface area contributed by atoms with E-state index in [1.54, 1.807) is 0 Å². The largest absolute Gasteiger partial charge is 0.480 e. The lowest BCUT2D eigenvalue weighted by Crippen LogP contribution is -2.52. The minimum absolute atomic E-state index is 0.0380. The molecule has 2 N–H and O–H groups in total. The minimum atomic E-state index is -1.21. The quantitative estimate of drug-likeness (QED) is 0.870. The molecule has 7 nitrogen and oxygen atoms in total. The summed E-state index contributed by atoms with van der Waals surface area (Å²) in [7, 11) is 0. The Balaban J connectivity index is 1.83. The summed E-state index contributed by atoms with van der Waals surface area (Å²) in [5.41, 5.74) is -1.17. The number of carboxylic acid groups (broad SMARTS) is 1. The van der Waals surface area contributed by atoms with Crippen molar-refractivity contribution in [3.8, 4) is 0 Å². The van der Waals surface area contributed by atoms with Gasteiger partial charge in [-0.1, -0.05) is 24.4 Å². The number of carbonyl (C=O) groups excluding carboxylic acids is 1. The molecule has 2 heterocycles. The van der Waals surface area contributed by atoms with Gasteiger partial charge in [0.25, 0.3) is 5.91 Å². The second-order valence-corrected chi connectivity index (χ2v) is 6.52. The van der Waals surface area contributed by atoms with Crippen LogP contribution >= 0.6 is 11.6 Å². The lowest BCUT2D eigenvalue weighted by Gasteiger charge is -2.25. The van der Waals surface area contributed by atoms with Crippen molar-refractivity contribution in [3.63, 3.8) is 0 Å². The molecule has 8 heteroatoms. The zero-order valence-corrected chi connectivity index (χ0v) is 13.5. The summed E-state index contributed by atoms with van der Waals surface area (Å²) in [6, 6.07) is 0. The van der Waals surface area contributed by atoms with Crippen molar-refractivity contribution >= 4 is 29.4 Å². The van der Waals surface area contributed by atoms with Crippen LogP contribution < -0.4 is 10.2 Å².